The van der Waals surface area contributed by atoms with E-state index in [-0.39, 0.29) is 24.3 Å². The fourth-order valence-corrected chi connectivity index (χ4v) is 11.3. The lowest BCUT2D eigenvalue weighted by Crippen LogP contribution is -2.41. The van der Waals surface area contributed by atoms with Gasteiger partial charge in [0.05, 0.1) is 68.6 Å². The molecule has 4 aromatic heterocycles. The van der Waals surface area contributed by atoms with Gasteiger partial charge in [-0.15, -0.1) is 22.7 Å². The highest BCUT2D eigenvalue weighted by Gasteiger charge is 2.32. The van der Waals surface area contributed by atoms with Crippen LogP contribution < -0.4 is 20.1 Å². The summed E-state index contributed by atoms with van der Waals surface area (Å²) in [6.45, 7) is 2.55. The van der Waals surface area contributed by atoms with Gasteiger partial charge in [-0.25, -0.2) is 19.9 Å². The first kappa shape index (κ1) is 42.2. The molecule has 6 aromatic rings. The lowest BCUT2D eigenvalue weighted by molar-refractivity contribution is -0.142. The number of hydrogen-bond donors (Lipinski definition) is 4. The molecule has 2 atom stereocenters. The number of carbonyl (C=O) groups excluding carboxylic acids is 1. The first-order valence-corrected chi connectivity index (χ1v) is 22.5. The number of carbonyl (C=O) groups is 2. The number of carboxylic acid groups (broad SMARTS) is 1. The molecule has 16 nitrogen and oxygen atoms in total. The van der Waals surface area contributed by atoms with Crippen molar-refractivity contribution in [3.63, 3.8) is 0 Å². The molecule has 0 spiro atoms. The molecule has 0 saturated carbocycles. The Hall–Kier alpha value is -6.08. The number of aliphatic imine (C=N–C) groups is 2. The number of aryl methyl sites for hydroxylation is 2. The van der Waals surface area contributed by atoms with Crippen LogP contribution in [-0.2, 0) is 53.1 Å². The molecule has 4 N–H and O–H groups in total. The third kappa shape index (κ3) is 8.42. The number of rotatable bonds is 13. The quantitative estimate of drug-likeness (QED) is 0.0977. The van der Waals surface area contributed by atoms with Gasteiger partial charge in [0.2, 0.25) is 5.91 Å². The van der Waals surface area contributed by atoms with Gasteiger partial charge >= 0.3 is 5.97 Å². The van der Waals surface area contributed by atoms with E-state index in [4.69, 9.17) is 14.2 Å². The van der Waals surface area contributed by atoms with Crippen molar-refractivity contribution in [2.24, 2.45) is 21.8 Å². The lowest BCUT2D eigenvalue weighted by Gasteiger charge is -2.29. The topological polar surface area (TPSA) is 206 Å². The molecule has 6 heterocycles. The Bertz CT molecular complexity index is 2790. The zero-order chi connectivity index (χ0) is 43.6. The van der Waals surface area contributed by atoms with Crippen molar-refractivity contribution in [3.8, 4) is 11.5 Å². The minimum atomic E-state index is -0.725. The third-order valence-electron chi connectivity index (χ3n) is 12.0. The second-order valence-electron chi connectivity index (χ2n) is 15.8. The first-order valence-electron chi connectivity index (χ1n) is 20.8. The van der Waals surface area contributed by atoms with Crippen molar-refractivity contribution in [2.45, 2.75) is 51.6 Å². The third-order valence-corrected chi connectivity index (χ3v) is 14.4. The van der Waals surface area contributed by atoms with Crippen LogP contribution in [-0.4, -0.2) is 107 Å². The molecule has 326 valence electrons. The summed E-state index contributed by atoms with van der Waals surface area (Å²) in [7, 11) is 4.93. The van der Waals surface area contributed by atoms with Crippen LogP contribution in [0.4, 0.5) is 23.0 Å². The number of amides is 1. The number of aromatic nitrogens is 4. The number of nitrogens with zero attached hydrogens (tertiary/aromatic N) is 7. The Kier molecular flexibility index (Phi) is 12.3. The molecular weight excluding hydrogens is 843 g/mol. The predicted molar refractivity (Wildman–Crippen MR) is 244 cm³/mol. The molecule has 63 heavy (non-hydrogen) atoms. The summed E-state index contributed by atoms with van der Waals surface area (Å²) in [5.41, 5.74) is 8.48. The average molecular weight is 890 g/mol. The van der Waals surface area contributed by atoms with Gasteiger partial charge in [-0.2, -0.15) is 0 Å². The van der Waals surface area contributed by atoms with Crippen LogP contribution >= 0.6 is 22.7 Å². The smallest absolute Gasteiger partial charge is 0.306 e. The number of benzene rings is 2. The standard InChI is InChI=1S/C25H29N5O4S.C20H18N4O3S/c1-33-8-6-30(5-7-31)25(32)15-3-4-18-21(11-15)35-24-22(18)23(27-14-28-24)29-19-9-16-12-26-13-17(16)10-20(19)34-2;1-27-15-5-12-8-21-7-11(12)4-14(15)24-18-17-13-3-2-10(20(25)26)6-16(13)28-19(17)23-9-22-18/h9-10,12,14-15,31H,3-8,11,13H2,1-2H3,(H,27,28,29);4-5,7,9-10H,2-3,6,8H2,1H3,(H,25,26)(H,22,23,24)/t15-;10-/m11/s1. The lowest BCUT2D eigenvalue weighted by atomic mass is 9.86. The summed E-state index contributed by atoms with van der Waals surface area (Å²) in [5.74, 6) is 1.88. The van der Waals surface area contributed by atoms with Gasteiger partial charge in [0.25, 0.3) is 0 Å². The Labute approximate surface area is 371 Å². The molecule has 0 radical (unpaired) electrons. The highest BCUT2D eigenvalue weighted by molar-refractivity contribution is 7.19. The fourth-order valence-electron chi connectivity index (χ4n) is 8.81. The number of nitrogens with one attached hydrogen (secondary N) is 2. The second kappa shape index (κ2) is 18.3. The maximum Gasteiger partial charge on any atom is 0.306 e. The molecule has 18 heteroatoms. The average Bonchev–Trinajstić information content (AvgIpc) is 4.11. The molecule has 0 unspecified atom stereocenters. The van der Waals surface area contributed by atoms with Crippen molar-refractivity contribution in [2.75, 3.05) is 58.3 Å². The Morgan fingerprint density at radius 2 is 1.27 bits per heavy atom. The van der Waals surface area contributed by atoms with Gasteiger partial charge in [0.1, 0.15) is 45.5 Å². The second-order valence-corrected chi connectivity index (χ2v) is 17.9. The van der Waals surface area contributed by atoms with Gasteiger partial charge in [0, 0.05) is 48.3 Å². The number of aliphatic hydroxyl groups is 1. The Morgan fingerprint density at radius 1 is 0.746 bits per heavy atom. The number of fused-ring (bicyclic) bond motifs is 8. The van der Waals surface area contributed by atoms with Crippen LogP contribution in [0.5, 0.6) is 11.5 Å². The van der Waals surface area contributed by atoms with E-state index < -0.39 is 5.97 Å². The molecule has 2 aromatic carbocycles. The van der Waals surface area contributed by atoms with Gasteiger partial charge in [-0.3, -0.25) is 19.6 Å². The van der Waals surface area contributed by atoms with Gasteiger partial charge in [0.15, 0.2) is 0 Å². The van der Waals surface area contributed by atoms with Crippen molar-refractivity contribution in [1.29, 1.82) is 0 Å². The molecule has 2 aliphatic heterocycles. The molecule has 0 saturated heterocycles. The minimum absolute atomic E-state index is 0.0566. The number of anilines is 4. The molecular formula is C45H47N9O7S2. The van der Waals surface area contributed by atoms with E-state index in [1.807, 2.05) is 36.7 Å². The fraction of sp³-hybridized carbons (Fsp3) is 0.378. The Morgan fingerprint density at radius 3 is 1.76 bits per heavy atom. The highest BCUT2D eigenvalue weighted by atomic mass is 32.1. The maximum atomic E-state index is 13.2. The zero-order valence-electron chi connectivity index (χ0n) is 35.1. The minimum Gasteiger partial charge on any atom is -0.495 e. The number of methoxy groups -OCH3 is 3. The summed E-state index contributed by atoms with van der Waals surface area (Å²) < 4.78 is 16.3. The summed E-state index contributed by atoms with van der Waals surface area (Å²) in [6.07, 6.45) is 11.0. The normalized spacial score (nSPS) is 16.8. The van der Waals surface area contributed by atoms with Crippen LogP contribution in [0.2, 0.25) is 0 Å². The first-order chi connectivity index (χ1) is 30.8. The number of ether oxygens (including phenoxy) is 3. The summed E-state index contributed by atoms with van der Waals surface area (Å²) in [4.78, 5) is 57.0. The van der Waals surface area contributed by atoms with Crippen LogP contribution in [0.25, 0.3) is 20.4 Å². The predicted octanol–water partition coefficient (Wildman–Crippen LogP) is 6.51. The van der Waals surface area contributed by atoms with Crippen LogP contribution in [0.3, 0.4) is 0 Å². The van der Waals surface area contributed by atoms with Gasteiger partial charge in [-0.05, 0) is 96.2 Å². The molecule has 0 bridgehead atoms. The van der Waals surface area contributed by atoms with Gasteiger partial charge < -0.3 is 40.0 Å². The zero-order valence-corrected chi connectivity index (χ0v) is 36.8. The molecule has 1 amide bonds. The van der Waals surface area contributed by atoms with E-state index in [2.05, 4.69) is 40.6 Å². The van der Waals surface area contributed by atoms with E-state index in [0.29, 0.717) is 52.0 Å². The van der Waals surface area contributed by atoms with Crippen LogP contribution in [0, 0.1) is 11.8 Å². The number of carboxylic acids is 1. The van der Waals surface area contributed by atoms with Gasteiger partial charge in [-0.1, -0.05) is 0 Å². The highest BCUT2D eigenvalue weighted by Crippen LogP contribution is 2.44. The van der Waals surface area contributed by atoms with Crippen molar-refractivity contribution in [1.82, 2.24) is 24.8 Å². The van der Waals surface area contributed by atoms with E-state index in [0.717, 1.165) is 101 Å². The summed E-state index contributed by atoms with van der Waals surface area (Å²) in [5, 5.41) is 27.7. The number of thiophene rings is 2. The van der Waals surface area contributed by atoms with Crippen molar-refractivity contribution in [3.05, 3.63) is 80.1 Å². The van der Waals surface area contributed by atoms with Crippen LogP contribution in [0.15, 0.2) is 46.9 Å². The number of aliphatic carboxylic acids is 1. The van der Waals surface area contributed by atoms with Crippen LogP contribution in [0.1, 0.15) is 56.0 Å². The van der Waals surface area contributed by atoms with E-state index >= 15 is 0 Å². The Balaban J connectivity index is 0.000000164. The molecule has 4 aliphatic rings. The SMILES string of the molecule is COCCN(CCO)C(=O)[C@@H]1CCc2c(sc3ncnc(Nc4cc5c(cc4OC)CN=C5)c23)C1.COc1cc2c(cc1Nc1ncnc3sc4c(c13)CC[C@@H](C(=O)O)C4)C=NC2. The summed E-state index contributed by atoms with van der Waals surface area (Å²) in [6, 6.07) is 8.09. The van der Waals surface area contributed by atoms with E-state index in [1.165, 1.54) is 16.0 Å². The van der Waals surface area contributed by atoms with Crippen molar-refractivity contribution >= 4 is 90.4 Å². The van der Waals surface area contributed by atoms with Crippen molar-refractivity contribution < 1.29 is 34.0 Å². The molecule has 2 aliphatic carbocycles. The van der Waals surface area contributed by atoms with E-state index in [1.54, 1.807) is 61.6 Å². The maximum absolute atomic E-state index is 13.2. The largest absolute Gasteiger partial charge is 0.495 e. The molecule has 10 rings (SSSR count). The number of aliphatic hydroxyl groups excluding tert-OH is 1. The molecule has 0 fully saturated rings. The summed E-state index contributed by atoms with van der Waals surface area (Å²) >= 11 is 3.20. The number of hydrogen-bond acceptors (Lipinski definition) is 16. The monoisotopic (exact) mass is 889 g/mol. The van der Waals surface area contributed by atoms with E-state index in [9.17, 15) is 19.8 Å².